The Morgan fingerprint density at radius 1 is 1.45 bits per heavy atom. The molecule has 0 amide bonds. The minimum atomic E-state index is -0.499. The maximum absolute atomic E-state index is 14.0. The van der Waals surface area contributed by atoms with Gasteiger partial charge in [0.1, 0.15) is 0 Å². The fourth-order valence-corrected chi connectivity index (χ4v) is 2.93. The van der Waals surface area contributed by atoms with E-state index in [0.29, 0.717) is 11.1 Å². The maximum atomic E-state index is 14.0. The monoisotopic (exact) mass is 270 g/mol. The lowest BCUT2D eigenvalue weighted by Crippen LogP contribution is -2.07. The number of Topliss-reactive ketones (excluding diaryl/α,β-unsaturated/α-hetero) is 1. The number of ketones is 1. The molecule has 3 nitrogen and oxygen atoms in total. The third-order valence-electron chi connectivity index (χ3n) is 3.71. The van der Waals surface area contributed by atoms with Crippen LogP contribution in [0.15, 0.2) is 24.4 Å². The number of fused-ring (bicyclic) bond motifs is 1. The smallest absolute Gasteiger partial charge is 0.222 e. The average molecular weight is 270 g/mol. The Bertz CT molecular complexity index is 728. The Hall–Kier alpha value is -2.23. The Morgan fingerprint density at radius 3 is 2.95 bits per heavy atom. The molecular formula is C16H15FN2O. The SMILES string of the molecule is CC(=O)c1c(C)c(-c2cccnc2F)n2c1C=CCC2. The molecule has 1 aliphatic rings. The quantitative estimate of drug-likeness (QED) is 0.617. The van der Waals surface area contributed by atoms with E-state index in [4.69, 9.17) is 0 Å². The van der Waals surface area contributed by atoms with Gasteiger partial charge in [-0.1, -0.05) is 6.08 Å². The van der Waals surface area contributed by atoms with E-state index in [9.17, 15) is 9.18 Å². The van der Waals surface area contributed by atoms with Gasteiger partial charge in [0, 0.05) is 18.3 Å². The molecule has 20 heavy (non-hydrogen) atoms. The van der Waals surface area contributed by atoms with Crippen molar-refractivity contribution in [2.75, 3.05) is 0 Å². The zero-order valence-corrected chi connectivity index (χ0v) is 11.5. The number of carbonyl (C=O) groups is 1. The summed E-state index contributed by atoms with van der Waals surface area (Å²) in [5, 5.41) is 0. The standard InChI is InChI=1S/C16H15FN2O/c1-10-14(11(2)20)13-7-3-4-9-19(13)15(10)12-6-5-8-18-16(12)17/h3,5-8H,4,9H2,1-2H3. The van der Waals surface area contributed by atoms with Gasteiger partial charge < -0.3 is 4.57 Å². The van der Waals surface area contributed by atoms with Crippen LogP contribution in [0.5, 0.6) is 0 Å². The Kier molecular flexibility index (Phi) is 3.01. The van der Waals surface area contributed by atoms with E-state index < -0.39 is 5.95 Å². The van der Waals surface area contributed by atoms with Crippen molar-refractivity contribution in [2.24, 2.45) is 0 Å². The summed E-state index contributed by atoms with van der Waals surface area (Å²) in [6.45, 7) is 4.18. The minimum Gasteiger partial charge on any atom is -0.340 e. The lowest BCUT2D eigenvalue weighted by atomic mass is 10.0. The van der Waals surface area contributed by atoms with E-state index in [-0.39, 0.29) is 5.78 Å². The second-order valence-electron chi connectivity index (χ2n) is 4.97. The van der Waals surface area contributed by atoms with Crippen LogP contribution in [0.3, 0.4) is 0 Å². The minimum absolute atomic E-state index is 0.00773. The summed E-state index contributed by atoms with van der Waals surface area (Å²) in [5.41, 5.74) is 3.60. The maximum Gasteiger partial charge on any atom is 0.222 e. The van der Waals surface area contributed by atoms with Crippen molar-refractivity contribution >= 4 is 11.9 Å². The van der Waals surface area contributed by atoms with Gasteiger partial charge in [-0.25, -0.2) is 4.98 Å². The molecule has 0 aliphatic carbocycles. The number of hydrogen-bond donors (Lipinski definition) is 0. The van der Waals surface area contributed by atoms with E-state index in [1.54, 1.807) is 19.1 Å². The van der Waals surface area contributed by atoms with Crippen LogP contribution in [0.25, 0.3) is 17.3 Å². The van der Waals surface area contributed by atoms with Crippen LogP contribution in [-0.2, 0) is 6.54 Å². The molecule has 0 radical (unpaired) electrons. The molecule has 102 valence electrons. The first-order chi connectivity index (χ1) is 9.61. The highest BCUT2D eigenvalue weighted by Gasteiger charge is 2.24. The van der Waals surface area contributed by atoms with Gasteiger partial charge in [-0.05, 0) is 44.0 Å². The summed E-state index contributed by atoms with van der Waals surface area (Å²) < 4.78 is 16.0. The number of hydrogen-bond acceptors (Lipinski definition) is 2. The van der Waals surface area contributed by atoms with Gasteiger partial charge in [-0.3, -0.25) is 4.79 Å². The molecule has 2 aromatic rings. The Morgan fingerprint density at radius 2 is 2.25 bits per heavy atom. The molecule has 1 aliphatic heterocycles. The topological polar surface area (TPSA) is 34.9 Å². The Balaban J connectivity index is 2.35. The molecule has 0 saturated carbocycles. The molecule has 3 heterocycles. The van der Waals surface area contributed by atoms with Gasteiger partial charge in [0.05, 0.1) is 17.0 Å². The zero-order valence-electron chi connectivity index (χ0n) is 11.5. The van der Waals surface area contributed by atoms with Gasteiger partial charge in [-0.2, -0.15) is 4.39 Å². The predicted octanol–water partition coefficient (Wildman–Crippen LogP) is 3.62. The van der Waals surface area contributed by atoms with Crippen LogP contribution in [-0.4, -0.2) is 15.3 Å². The fourth-order valence-electron chi connectivity index (χ4n) is 2.93. The fraction of sp³-hybridized carbons (Fsp3) is 0.250. The summed E-state index contributed by atoms with van der Waals surface area (Å²) in [4.78, 5) is 15.6. The van der Waals surface area contributed by atoms with Crippen LogP contribution >= 0.6 is 0 Å². The van der Waals surface area contributed by atoms with Crippen molar-refractivity contribution in [1.29, 1.82) is 0 Å². The predicted molar refractivity (Wildman–Crippen MR) is 76.0 cm³/mol. The van der Waals surface area contributed by atoms with E-state index in [2.05, 4.69) is 4.98 Å². The lowest BCUT2D eigenvalue weighted by molar-refractivity contribution is 0.101. The van der Waals surface area contributed by atoms with Crippen LogP contribution in [0, 0.1) is 12.9 Å². The van der Waals surface area contributed by atoms with E-state index in [1.165, 1.54) is 6.20 Å². The molecule has 0 fully saturated rings. The average Bonchev–Trinajstić information content (AvgIpc) is 2.71. The Labute approximate surface area is 116 Å². The van der Waals surface area contributed by atoms with Gasteiger partial charge in [0.2, 0.25) is 5.95 Å². The van der Waals surface area contributed by atoms with Crippen molar-refractivity contribution in [3.63, 3.8) is 0 Å². The molecule has 0 saturated heterocycles. The number of allylic oxidation sites excluding steroid dienone is 1. The van der Waals surface area contributed by atoms with Crippen molar-refractivity contribution in [1.82, 2.24) is 9.55 Å². The van der Waals surface area contributed by atoms with Crippen LogP contribution in [0.1, 0.15) is 35.0 Å². The third kappa shape index (κ3) is 1.80. The van der Waals surface area contributed by atoms with Gasteiger partial charge in [0.25, 0.3) is 0 Å². The van der Waals surface area contributed by atoms with E-state index in [1.807, 2.05) is 23.6 Å². The highest BCUT2D eigenvalue weighted by molar-refractivity contribution is 6.01. The molecule has 3 rings (SSSR count). The third-order valence-corrected chi connectivity index (χ3v) is 3.71. The second kappa shape index (κ2) is 4.71. The van der Waals surface area contributed by atoms with Gasteiger partial charge in [0.15, 0.2) is 5.78 Å². The van der Waals surface area contributed by atoms with Crippen molar-refractivity contribution in [3.8, 4) is 11.3 Å². The molecule has 0 unspecified atom stereocenters. The molecule has 4 heteroatoms. The molecule has 0 spiro atoms. The number of rotatable bonds is 2. The number of carbonyl (C=O) groups excluding carboxylic acids is 1. The van der Waals surface area contributed by atoms with E-state index >= 15 is 0 Å². The molecule has 0 N–H and O–H groups in total. The first-order valence-electron chi connectivity index (χ1n) is 6.62. The molecular weight excluding hydrogens is 255 g/mol. The van der Waals surface area contributed by atoms with Crippen molar-refractivity contribution in [2.45, 2.75) is 26.8 Å². The normalized spacial score (nSPS) is 13.3. The van der Waals surface area contributed by atoms with E-state index in [0.717, 1.165) is 29.9 Å². The van der Waals surface area contributed by atoms with Crippen LogP contribution < -0.4 is 0 Å². The summed E-state index contributed by atoms with van der Waals surface area (Å²) >= 11 is 0. The largest absolute Gasteiger partial charge is 0.340 e. The zero-order chi connectivity index (χ0) is 14.3. The molecule has 0 bridgehead atoms. The molecule has 0 aromatic carbocycles. The number of nitrogens with zero attached hydrogens (tertiary/aromatic N) is 2. The summed E-state index contributed by atoms with van der Waals surface area (Å²) in [6, 6.07) is 3.42. The van der Waals surface area contributed by atoms with Crippen LogP contribution in [0.4, 0.5) is 4.39 Å². The summed E-state index contributed by atoms with van der Waals surface area (Å²) in [7, 11) is 0. The number of aromatic nitrogens is 2. The summed E-state index contributed by atoms with van der Waals surface area (Å²) in [5.74, 6) is -0.492. The molecule has 0 atom stereocenters. The van der Waals surface area contributed by atoms with Crippen LogP contribution in [0.2, 0.25) is 0 Å². The number of pyridine rings is 1. The second-order valence-corrected chi connectivity index (χ2v) is 4.97. The highest BCUT2D eigenvalue weighted by atomic mass is 19.1. The summed E-state index contributed by atoms with van der Waals surface area (Å²) in [6.07, 6.45) is 6.31. The van der Waals surface area contributed by atoms with Crippen molar-refractivity contribution < 1.29 is 9.18 Å². The highest BCUT2D eigenvalue weighted by Crippen LogP contribution is 2.35. The lowest BCUT2D eigenvalue weighted by Gasteiger charge is -2.15. The van der Waals surface area contributed by atoms with Gasteiger partial charge >= 0.3 is 0 Å². The first-order valence-corrected chi connectivity index (χ1v) is 6.62. The molecule has 2 aromatic heterocycles. The van der Waals surface area contributed by atoms with Crippen molar-refractivity contribution in [3.05, 3.63) is 47.2 Å². The van der Waals surface area contributed by atoms with Gasteiger partial charge in [-0.15, -0.1) is 0 Å². The number of halogens is 1. The first kappa shape index (κ1) is 12.8.